The molecular formula is C13H25ClN2. The minimum atomic E-state index is 0. The van der Waals surface area contributed by atoms with Crippen LogP contribution in [0.1, 0.15) is 27.2 Å². The first-order valence-corrected chi connectivity index (χ1v) is 6.44. The Hall–Kier alpha value is 0.210. The summed E-state index contributed by atoms with van der Waals surface area (Å²) < 4.78 is 0. The smallest absolute Gasteiger partial charge is 0.00482 e. The number of piperidine rings is 1. The Kier molecular flexibility index (Phi) is 3.05. The minimum absolute atomic E-state index is 0. The zero-order valence-corrected chi connectivity index (χ0v) is 11.6. The molecule has 0 spiro atoms. The molecule has 2 saturated heterocycles. The average molecular weight is 245 g/mol. The Labute approximate surface area is 106 Å². The average Bonchev–Trinajstić information content (AvgIpc) is 2.65. The van der Waals surface area contributed by atoms with E-state index in [2.05, 4.69) is 31.0 Å². The largest absolute Gasteiger partial charge is 0.316 e. The Balaban J connectivity index is 0.000000963. The summed E-state index contributed by atoms with van der Waals surface area (Å²) in [6.07, 6.45) is 1.36. The molecule has 2 nitrogen and oxygen atoms in total. The lowest BCUT2D eigenvalue weighted by molar-refractivity contribution is 0.174. The number of nitrogens with one attached hydrogen (secondary N) is 1. The van der Waals surface area contributed by atoms with Gasteiger partial charge in [-0.05, 0) is 35.6 Å². The molecule has 0 amide bonds. The number of fused-ring (bicyclic) bond motifs is 1. The Bertz CT molecular complexity index is 257. The van der Waals surface area contributed by atoms with Crippen molar-refractivity contribution in [2.75, 3.05) is 32.7 Å². The maximum absolute atomic E-state index is 3.50. The monoisotopic (exact) mass is 244 g/mol. The molecular weight excluding hydrogens is 220 g/mol. The lowest BCUT2D eigenvalue weighted by Gasteiger charge is -2.31. The van der Waals surface area contributed by atoms with Gasteiger partial charge >= 0.3 is 0 Å². The molecule has 2 heterocycles. The zero-order chi connectivity index (χ0) is 10.7. The molecule has 3 fully saturated rings. The molecule has 0 aromatic rings. The van der Waals surface area contributed by atoms with Gasteiger partial charge < -0.3 is 10.2 Å². The highest BCUT2D eigenvalue weighted by atomic mass is 35.5. The van der Waals surface area contributed by atoms with Gasteiger partial charge in [-0.3, -0.25) is 0 Å². The number of rotatable bonds is 2. The van der Waals surface area contributed by atoms with Crippen LogP contribution >= 0.6 is 12.4 Å². The predicted octanol–water partition coefficient (Wildman–Crippen LogP) is 2.00. The second kappa shape index (κ2) is 3.86. The van der Waals surface area contributed by atoms with Crippen molar-refractivity contribution >= 4 is 12.4 Å². The number of hydrogen-bond donors (Lipinski definition) is 1. The standard InChI is InChI=1S/C13H24N2.ClH/c1-12(2)10-6-15(7-11(10)12)9-13(3)4-5-14-8-13;/h10-11,14H,4-9H2,1-3H3;1H. The highest BCUT2D eigenvalue weighted by molar-refractivity contribution is 5.85. The topological polar surface area (TPSA) is 15.3 Å². The van der Waals surface area contributed by atoms with Crippen molar-refractivity contribution in [2.24, 2.45) is 22.7 Å². The number of halogens is 1. The molecule has 2 aliphatic heterocycles. The van der Waals surface area contributed by atoms with E-state index in [1.165, 1.54) is 39.1 Å². The molecule has 3 unspecified atom stereocenters. The number of hydrogen-bond acceptors (Lipinski definition) is 2. The first kappa shape index (κ1) is 12.7. The molecule has 94 valence electrons. The van der Waals surface area contributed by atoms with Gasteiger partial charge in [0.25, 0.3) is 0 Å². The summed E-state index contributed by atoms with van der Waals surface area (Å²) >= 11 is 0. The van der Waals surface area contributed by atoms with Crippen molar-refractivity contribution in [3.05, 3.63) is 0 Å². The Morgan fingerprint density at radius 1 is 1.19 bits per heavy atom. The summed E-state index contributed by atoms with van der Waals surface area (Å²) in [5.41, 5.74) is 1.23. The van der Waals surface area contributed by atoms with Crippen LogP contribution in [-0.2, 0) is 0 Å². The summed E-state index contributed by atoms with van der Waals surface area (Å²) in [5, 5.41) is 3.50. The summed E-state index contributed by atoms with van der Waals surface area (Å²) in [5.74, 6) is 2.02. The van der Waals surface area contributed by atoms with Gasteiger partial charge in [0, 0.05) is 26.2 Å². The molecule has 16 heavy (non-hydrogen) atoms. The molecule has 0 aromatic heterocycles. The first-order valence-electron chi connectivity index (χ1n) is 6.44. The van der Waals surface area contributed by atoms with Crippen LogP contribution < -0.4 is 5.32 Å². The van der Waals surface area contributed by atoms with E-state index in [1.54, 1.807) is 0 Å². The molecule has 1 aliphatic carbocycles. The quantitative estimate of drug-likeness (QED) is 0.800. The fourth-order valence-electron chi connectivity index (χ4n) is 3.89. The molecule has 3 atom stereocenters. The first-order chi connectivity index (χ1) is 7.01. The highest BCUT2D eigenvalue weighted by Gasteiger charge is 2.61. The molecule has 0 radical (unpaired) electrons. The maximum atomic E-state index is 3.50. The van der Waals surface area contributed by atoms with Crippen molar-refractivity contribution in [1.82, 2.24) is 10.2 Å². The lowest BCUT2D eigenvalue weighted by atomic mass is 9.89. The molecule has 1 N–H and O–H groups in total. The van der Waals surface area contributed by atoms with E-state index in [1.807, 2.05) is 0 Å². The van der Waals surface area contributed by atoms with Gasteiger partial charge in [-0.1, -0.05) is 20.8 Å². The van der Waals surface area contributed by atoms with Crippen LogP contribution in [-0.4, -0.2) is 37.6 Å². The Morgan fingerprint density at radius 3 is 2.31 bits per heavy atom. The van der Waals surface area contributed by atoms with Crippen LogP contribution in [0.25, 0.3) is 0 Å². The summed E-state index contributed by atoms with van der Waals surface area (Å²) in [7, 11) is 0. The van der Waals surface area contributed by atoms with Gasteiger partial charge in [0.1, 0.15) is 0 Å². The molecule has 0 bridgehead atoms. The molecule has 3 rings (SSSR count). The third kappa shape index (κ3) is 1.89. The predicted molar refractivity (Wildman–Crippen MR) is 70.0 cm³/mol. The van der Waals surface area contributed by atoms with E-state index in [0.717, 1.165) is 11.8 Å². The minimum Gasteiger partial charge on any atom is -0.316 e. The highest BCUT2D eigenvalue weighted by Crippen LogP contribution is 2.62. The van der Waals surface area contributed by atoms with Gasteiger partial charge in [0.2, 0.25) is 0 Å². The maximum Gasteiger partial charge on any atom is 0.00482 e. The van der Waals surface area contributed by atoms with Crippen LogP contribution in [0.2, 0.25) is 0 Å². The second-order valence-corrected chi connectivity index (χ2v) is 6.97. The zero-order valence-electron chi connectivity index (χ0n) is 10.8. The van der Waals surface area contributed by atoms with E-state index in [0.29, 0.717) is 10.8 Å². The van der Waals surface area contributed by atoms with E-state index in [4.69, 9.17) is 0 Å². The van der Waals surface area contributed by atoms with Crippen LogP contribution in [0.3, 0.4) is 0 Å². The lowest BCUT2D eigenvalue weighted by Crippen LogP contribution is -2.38. The molecule has 3 heteroatoms. The van der Waals surface area contributed by atoms with Crippen molar-refractivity contribution < 1.29 is 0 Å². The molecule has 0 aromatic carbocycles. The van der Waals surface area contributed by atoms with Crippen molar-refractivity contribution in [3.63, 3.8) is 0 Å². The normalized spacial score (nSPS) is 45.2. The third-order valence-corrected chi connectivity index (χ3v) is 5.26. The van der Waals surface area contributed by atoms with E-state index < -0.39 is 0 Å². The number of likely N-dealkylation sites (tertiary alicyclic amines) is 1. The summed E-state index contributed by atoms with van der Waals surface area (Å²) in [6.45, 7) is 13.8. The second-order valence-electron chi connectivity index (χ2n) is 6.97. The SMILES string of the molecule is CC1(CN2CC3C(C2)C3(C)C)CCNC1.Cl. The summed E-state index contributed by atoms with van der Waals surface area (Å²) in [6, 6.07) is 0. The van der Waals surface area contributed by atoms with Crippen LogP contribution in [0, 0.1) is 22.7 Å². The van der Waals surface area contributed by atoms with Crippen LogP contribution in [0.4, 0.5) is 0 Å². The fraction of sp³-hybridized carbons (Fsp3) is 1.00. The van der Waals surface area contributed by atoms with Crippen LogP contribution in [0.15, 0.2) is 0 Å². The van der Waals surface area contributed by atoms with Gasteiger partial charge in [-0.25, -0.2) is 0 Å². The van der Waals surface area contributed by atoms with E-state index in [-0.39, 0.29) is 12.4 Å². The summed E-state index contributed by atoms with van der Waals surface area (Å²) in [4.78, 5) is 2.72. The fourth-order valence-corrected chi connectivity index (χ4v) is 3.89. The van der Waals surface area contributed by atoms with Gasteiger partial charge in [0.15, 0.2) is 0 Å². The third-order valence-electron chi connectivity index (χ3n) is 5.26. The molecule has 1 saturated carbocycles. The number of nitrogens with zero attached hydrogens (tertiary/aromatic N) is 1. The van der Waals surface area contributed by atoms with Gasteiger partial charge in [0.05, 0.1) is 0 Å². The van der Waals surface area contributed by atoms with Crippen molar-refractivity contribution in [2.45, 2.75) is 27.2 Å². The Morgan fingerprint density at radius 2 is 1.81 bits per heavy atom. The van der Waals surface area contributed by atoms with Crippen molar-refractivity contribution in [3.8, 4) is 0 Å². The van der Waals surface area contributed by atoms with Crippen LogP contribution in [0.5, 0.6) is 0 Å². The van der Waals surface area contributed by atoms with E-state index >= 15 is 0 Å². The van der Waals surface area contributed by atoms with Crippen molar-refractivity contribution in [1.29, 1.82) is 0 Å². The molecule has 3 aliphatic rings. The van der Waals surface area contributed by atoms with E-state index in [9.17, 15) is 0 Å². The van der Waals surface area contributed by atoms with Gasteiger partial charge in [-0.15, -0.1) is 12.4 Å². The van der Waals surface area contributed by atoms with Gasteiger partial charge in [-0.2, -0.15) is 0 Å².